The van der Waals surface area contributed by atoms with Gasteiger partial charge < -0.3 is 15.6 Å². The van der Waals surface area contributed by atoms with E-state index in [1.165, 1.54) is 25.3 Å². The highest BCUT2D eigenvalue weighted by atomic mass is 16.5. The van der Waals surface area contributed by atoms with Crippen molar-refractivity contribution < 1.29 is 19.4 Å². The summed E-state index contributed by atoms with van der Waals surface area (Å²) in [5, 5.41) is 8.50. The molecule has 0 saturated carbocycles. The fraction of sp³-hybridized carbons (Fsp3) is 0.0909. The lowest BCUT2D eigenvalue weighted by atomic mass is 10.1. The number of carboxylic acids is 1. The van der Waals surface area contributed by atoms with Crippen LogP contribution in [0.2, 0.25) is 0 Å². The van der Waals surface area contributed by atoms with E-state index in [4.69, 9.17) is 15.6 Å². The number of benzene rings is 1. The number of primary amides is 1. The van der Waals surface area contributed by atoms with E-state index in [-0.39, 0.29) is 0 Å². The van der Waals surface area contributed by atoms with Crippen LogP contribution in [0.5, 0.6) is 5.75 Å². The molecule has 0 unspecified atom stereocenters. The Morgan fingerprint density at radius 1 is 1.44 bits per heavy atom. The quantitative estimate of drug-likeness (QED) is 0.739. The predicted octanol–water partition coefficient (Wildman–Crippen LogP) is 0.892. The molecular formula is C11H11NO4. The van der Waals surface area contributed by atoms with Gasteiger partial charge in [-0.1, -0.05) is 0 Å². The van der Waals surface area contributed by atoms with Crippen molar-refractivity contribution in [3.63, 3.8) is 0 Å². The maximum atomic E-state index is 10.9. The van der Waals surface area contributed by atoms with E-state index in [9.17, 15) is 9.59 Å². The van der Waals surface area contributed by atoms with Crippen molar-refractivity contribution in [3.8, 4) is 5.75 Å². The van der Waals surface area contributed by atoms with Gasteiger partial charge in [0.05, 0.1) is 7.11 Å². The molecule has 0 spiro atoms. The van der Waals surface area contributed by atoms with Gasteiger partial charge in [-0.15, -0.1) is 0 Å². The van der Waals surface area contributed by atoms with Gasteiger partial charge in [-0.2, -0.15) is 0 Å². The molecule has 0 aromatic heterocycles. The van der Waals surface area contributed by atoms with Crippen LogP contribution in [0.3, 0.4) is 0 Å². The van der Waals surface area contributed by atoms with Crippen LogP contribution in [-0.2, 0) is 4.79 Å². The van der Waals surface area contributed by atoms with E-state index in [2.05, 4.69) is 0 Å². The first-order valence-electron chi connectivity index (χ1n) is 4.43. The highest BCUT2D eigenvalue weighted by Gasteiger charge is 2.05. The molecule has 1 amide bonds. The van der Waals surface area contributed by atoms with Crippen molar-refractivity contribution >= 4 is 18.0 Å². The lowest BCUT2D eigenvalue weighted by molar-refractivity contribution is -0.131. The Labute approximate surface area is 92.1 Å². The summed E-state index contributed by atoms with van der Waals surface area (Å²) in [7, 11) is 1.46. The van der Waals surface area contributed by atoms with E-state index in [0.29, 0.717) is 16.9 Å². The summed E-state index contributed by atoms with van der Waals surface area (Å²) in [6, 6.07) is 4.54. The fourth-order valence-electron chi connectivity index (χ4n) is 1.18. The van der Waals surface area contributed by atoms with E-state index in [1.54, 1.807) is 6.07 Å². The minimum absolute atomic E-state index is 0.297. The minimum atomic E-state index is -1.08. The normalized spacial score (nSPS) is 10.3. The molecule has 0 fully saturated rings. The lowest BCUT2D eigenvalue weighted by Gasteiger charge is -2.05. The van der Waals surface area contributed by atoms with Gasteiger partial charge >= 0.3 is 5.97 Å². The maximum absolute atomic E-state index is 10.9. The fourth-order valence-corrected chi connectivity index (χ4v) is 1.18. The van der Waals surface area contributed by atoms with Gasteiger partial charge in [0.2, 0.25) is 5.91 Å². The molecule has 0 saturated heterocycles. The monoisotopic (exact) mass is 221 g/mol. The molecule has 0 atom stereocenters. The molecule has 0 bridgehead atoms. The molecule has 1 aromatic rings. The second kappa shape index (κ2) is 4.97. The van der Waals surface area contributed by atoms with Crippen LogP contribution < -0.4 is 10.5 Å². The Hall–Kier alpha value is -2.30. The SMILES string of the molecule is COc1ccc(C(N)=O)cc1/C=C/C(=O)O. The van der Waals surface area contributed by atoms with E-state index in [0.717, 1.165) is 6.08 Å². The third kappa shape index (κ3) is 2.84. The van der Waals surface area contributed by atoms with Gasteiger partial charge in [-0.25, -0.2) is 4.79 Å². The summed E-state index contributed by atoms with van der Waals surface area (Å²) < 4.78 is 5.02. The first kappa shape index (κ1) is 11.8. The molecule has 0 radical (unpaired) electrons. The molecule has 84 valence electrons. The third-order valence-corrected chi connectivity index (χ3v) is 1.92. The summed E-state index contributed by atoms with van der Waals surface area (Å²) in [5.74, 6) is -1.18. The number of aliphatic carboxylic acids is 1. The standard InChI is InChI=1S/C11H11NO4/c1-16-9-4-2-8(11(12)15)6-7(9)3-5-10(13)14/h2-6H,1H3,(H2,12,15)(H,13,14)/b5-3+. The molecule has 0 aliphatic rings. The molecule has 1 aromatic carbocycles. The van der Waals surface area contributed by atoms with E-state index < -0.39 is 11.9 Å². The minimum Gasteiger partial charge on any atom is -0.496 e. The summed E-state index contributed by atoms with van der Waals surface area (Å²) in [6.07, 6.45) is 2.30. The molecule has 0 aliphatic heterocycles. The first-order valence-corrected chi connectivity index (χ1v) is 4.43. The lowest BCUT2D eigenvalue weighted by Crippen LogP contribution is -2.11. The largest absolute Gasteiger partial charge is 0.496 e. The smallest absolute Gasteiger partial charge is 0.328 e. The Morgan fingerprint density at radius 3 is 2.62 bits per heavy atom. The van der Waals surface area contributed by atoms with Gasteiger partial charge in [-0.3, -0.25) is 4.79 Å². The van der Waals surface area contributed by atoms with Crippen molar-refractivity contribution in [3.05, 3.63) is 35.4 Å². The second-order valence-corrected chi connectivity index (χ2v) is 2.99. The van der Waals surface area contributed by atoms with Gasteiger partial charge in [0, 0.05) is 17.2 Å². The van der Waals surface area contributed by atoms with Crippen molar-refractivity contribution in [2.75, 3.05) is 7.11 Å². The number of hydrogen-bond donors (Lipinski definition) is 2. The molecule has 0 aliphatic carbocycles. The number of methoxy groups -OCH3 is 1. The van der Waals surface area contributed by atoms with Crippen molar-refractivity contribution in [2.24, 2.45) is 5.73 Å². The zero-order valence-corrected chi connectivity index (χ0v) is 8.64. The number of rotatable bonds is 4. The van der Waals surface area contributed by atoms with Gasteiger partial charge in [-0.05, 0) is 24.3 Å². The molecule has 5 heteroatoms. The zero-order chi connectivity index (χ0) is 12.1. The van der Waals surface area contributed by atoms with E-state index in [1.807, 2.05) is 0 Å². The van der Waals surface area contributed by atoms with Crippen molar-refractivity contribution in [1.29, 1.82) is 0 Å². The summed E-state index contributed by atoms with van der Waals surface area (Å²) in [4.78, 5) is 21.3. The van der Waals surface area contributed by atoms with Crippen LogP contribution in [0.15, 0.2) is 24.3 Å². The highest BCUT2D eigenvalue weighted by molar-refractivity contribution is 5.94. The van der Waals surface area contributed by atoms with Crippen molar-refractivity contribution in [2.45, 2.75) is 0 Å². The van der Waals surface area contributed by atoms with Crippen LogP contribution in [-0.4, -0.2) is 24.1 Å². The number of carbonyl (C=O) groups excluding carboxylic acids is 1. The van der Waals surface area contributed by atoms with Gasteiger partial charge in [0.15, 0.2) is 0 Å². The highest BCUT2D eigenvalue weighted by Crippen LogP contribution is 2.21. The zero-order valence-electron chi connectivity index (χ0n) is 8.64. The summed E-state index contributed by atoms with van der Waals surface area (Å²) in [5.41, 5.74) is 5.89. The molecule has 5 nitrogen and oxygen atoms in total. The number of hydrogen-bond acceptors (Lipinski definition) is 3. The van der Waals surface area contributed by atoms with E-state index >= 15 is 0 Å². The molecule has 1 rings (SSSR count). The van der Waals surface area contributed by atoms with Crippen LogP contribution in [0.25, 0.3) is 6.08 Å². The molecular weight excluding hydrogens is 210 g/mol. The molecule has 16 heavy (non-hydrogen) atoms. The average molecular weight is 221 g/mol. The van der Waals surface area contributed by atoms with Crippen LogP contribution >= 0.6 is 0 Å². The van der Waals surface area contributed by atoms with Gasteiger partial charge in [0.1, 0.15) is 5.75 Å². The number of carboxylic acid groups (broad SMARTS) is 1. The topological polar surface area (TPSA) is 89.6 Å². The average Bonchev–Trinajstić information content (AvgIpc) is 2.25. The van der Waals surface area contributed by atoms with Crippen molar-refractivity contribution in [1.82, 2.24) is 0 Å². The van der Waals surface area contributed by atoms with Crippen LogP contribution in [0, 0.1) is 0 Å². The maximum Gasteiger partial charge on any atom is 0.328 e. The Bertz CT molecular complexity index is 451. The predicted molar refractivity (Wildman–Crippen MR) is 58.2 cm³/mol. The number of amides is 1. The molecule has 0 heterocycles. The number of ether oxygens (including phenoxy) is 1. The second-order valence-electron chi connectivity index (χ2n) is 2.99. The number of carbonyl (C=O) groups is 2. The number of nitrogens with two attached hydrogens (primary N) is 1. The van der Waals surface area contributed by atoms with Crippen LogP contribution in [0.4, 0.5) is 0 Å². The first-order chi connectivity index (χ1) is 7.54. The Morgan fingerprint density at radius 2 is 2.12 bits per heavy atom. The Balaban J connectivity index is 3.16. The van der Waals surface area contributed by atoms with Gasteiger partial charge in [0.25, 0.3) is 0 Å². The Kier molecular flexibility index (Phi) is 3.66. The molecule has 3 N–H and O–H groups in total. The summed E-state index contributed by atoms with van der Waals surface area (Å²) in [6.45, 7) is 0. The third-order valence-electron chi connectivity index (χ3n) is 1.92. The van der Waals surface area contributed by atoms with Crippen LogP contribution in [0.1, 0.15) is 15.9 Å². The summed E-state index contributed by atoms with van der Waals surface area (Å²) >= 11 is 0.